The molecular formula is C22H20N4O2. The Morgan fingerprint density at radius 1 is 0.964 bits per heavy atom. The van der Waals surface area contributed by atoms with E-state index < -0.39 is 0 Å². The van der Waals surface area contributed by atoms with E-state index in [-0.39, 0.29) is 11.8 Å². The zero-order chi connectivity index (χ0) is 19.5. The first-order chi connectivity index (χ1) is 13.6. The van der Waals surface area contributed by atoms with Gasteiger partial charge < -0.3 is 15.5 Å². The number of carbonyl (C=O) groups excluding carboxylic acids is 2. The lowest BCUT2D eigenvalue weighted by molar-refractivity contribution is -0.114. The number of benzene rings is 2. The fourth-order valence-corrected chi connectivity index (χ4v) is 3.35. The third-order valence-corrected chi connectivity index (χ3v) is 4.65. The van der Waals surface area contributed by atoms with Crippen LogP contribution in [0.3, 0.4) is 0 Å². The molecule has 6 heteroatoms. The summed E-state index contributed by atoms with van der Waals surface area (Å²) in [6, 6.07) is 17.1. The molecule has 140 valence electrons. The maximum Gasteiger partial charge on any atom is 0.257 e. The van der Waals surface area contributed by atoms with Crippen LogP contribution < -0.4 is 15.5 Å². The van der Waals surface area contributed by atoms with Gasteiger partial charge in [-0.3, -0.25) is 14.6 Å². The molecule has 2 aromatic carbocycles. The lowest BCUT2D eigenvalue weighted by Crippen LogP contribution is -2.16. The molecule has 1 aromatic heterocycles. The normalized spacial score (nSPS) is 12.4. The number of rotatable bonds is 4. The van der Waals surface area contributed by atoms with Gasteiger partial charge in [0.15, 0.2) is 0 Å². The van der Waals surface area contributed by atoms with E-state index in [4.69, 9.17) is 0 Å². The van der Waals surface area contributed by atoms with Crippen molar-refractivity contribution in [3.63, 3.8) is 0 Å². The topological polar surface area (TPSA) is 74.3 Å². The number of carbonyl (C=O) groups is 2. The zero-order valence-corrected chi connectivity index (χ0v) is 15.5. The fraction of sp³-hybridized carbons (Fsp3) is 0.136. The average Bonchev–Trinajstić information content (AvgIpc) is 3.13. The summed E-state index contributed by atoms with van der Waals surface area (Å²) in [5.74, 6) is -0.364. The highest BCUT2D eigenvalue weighted by Gasteiger charge is 2.21. The number of hydrogen-bond donors (Lipinski definition) is 2. The summed E-state index contributed by atoms with van der Waals surface area (Å²) in [5.41, 5.74) is 5.19. The quantitative estimate of drug-likeness (QED) is 0.726. The van der Waals surface area contributed by atoms with Gasteiger partial charge in [0.2, 0.25) is 5.91 Å². The van der Waals surface area contributed by atoms with Crippen LogP contribution in [0.5, 0.6) is 0 Å². The van der Waals surface area contributed by atoms with Gasteiger partial charge in [-0.25, -0.2) is 0 Å². The molecule has 1 aliphatic heterocycles. The highest BCUT2D eigenvalue weighted by molar-refractivity contribution is 6.04. The molecule has 0 atom stereocenters. The van der Waals surface area contributed by atoms with Crippen LogP contribution in [-0.2, 0) is 11.2 Å². The maximum atomic E-state index is 12.7. The van der Waals surface area contributed by atoms with Crippen molar-refractivity contribution in [2.24, 2.45) is 0 Å². The molecule has 0 aliphatic carbocycles. The molecule has 0 spiro atoms. The summed E-state index contributed by atoms with van der Waals surface area (Å²) < 4.78 is 0. The lowest BCUT2D eigenvalue weighted by atomic mass is 10.2. The molecule has 3 aromatic rings. The summed E-state index contributed by atoms with van der Waals surface area (Å²) in [6.45, 7) is 2.32. The molecule has 0 saturated heterocycles. The second-order valence-electron chi connectivity index (χ2n) is 6.67. The third-order valence-electron chi connectivity index (χ3n) is 4.65. The van der Waals surface area contributed by atoms with Gasteiger partial charge in [-0.2, -0.15) is 0 Å². The number of pyridine rings is 1. The Bertz CT molecular complexity index is 1030. The minimum absolute atomic E-state index is 0.136. The zero-order valence-electron chi connectivity index (χ0n) is 15.5. The van der Waals surface area contributed by atoms with Crippen molar-refractivity contribution in [3.8, 4) is 0 Å². The molecule has 0 saturated carbocycles. The Hall–Kier alpha value is -3.67. The number of nitrogens with zero attached hydrogens (tertiary/aromatic N) is 2. The molecule has 0 unspecified atom stereocenters. The highest BCUT2D eigenvalue weighted by Crippen LogP contribution is 2.34. The Kier molecular flexibility index (Phi) is 4.76. The lowest BCUT2D eigenvalue weighted by Gasteiger charge is -2.19. The Morgan fingerprint density at radius 3 is 2.43 bits per heavy atom. The summed E-state index contributed by atoms with van der Waals surface area (Å²) in [7, 11) is 0. The van der Waals surface area contributed by atoms with E-state index in [1.165, 1.54) is 12.5 Å². The van der Waals surface area contributed by atoms with Crippen molar-refractivity contribution < 1.29 is 9.59 Å². The molecule has 6 nitrogen and oxygen atoms in total. The van der Waals surface area contributed by atoms with Crippen LogP contribution in [-0.4, -0.2) is 23.3 Å². The van der Waals surface area contributed by atoms with Gasteiger partial charge in [0.05, 0.1) is 17.4 Å². The van der Waals surface area contributed by atoms with E-state index >= 15 is 0 Å². The number of nitrogens with one attached hydrogen (secondary N) is 2. The predicted octanol–water partition coefficient (Wildman–Crippen LogP) is 3.99. The van der Waals surface area contributed by atoms with Gasteiger partial charge in [0.1, 0.15) is 0 Å². The molecule has 0 radical (unpaired) electrons. The van der Waals surface area contributed by atoms with Crippen LogP contribution in [0.4, 0.5) is 22.7 Å². The van der Waals surface area contributed by atoms with Crippen LogP contribution in [0.2, 0.25) is 0 Å². The minimum atomic E-state index is -0.228. The van der Waals surface area contributed by atoms with Crippen LogP contribution in [0.15, 0.2) is 67.0 Å². The first kappa shape index (κ1) is 17.7. The second-order valence-corrected chi connectivity index (χ2v) is 6.67. The van der Waals surface area contributed by atoms with Gasteiger partial charge in [-0.05, 0) is 48.4 Å². The van der Waals surface area contributed by atoms with Gasteiger partial charge in [-0.1, -0.05) is 18.2 Å². The van der Waals surface area contributed by atoms with Gasteiger partial charge >= 0.3 is 0 Å². The number of para-hydroxylation sites is 1. The Balaban J connectivity index is 1.50. The minimum Gasteiger partial charge on any atom is -0.340 e. The third kappa shape index (κ3) is 3.71. The second kappa shape index (κ2) is 7.52. The number of amides is 2. The molecule has 28 heavy (non-hydrogen) atoms. The maximum absolute atomic E-state index is 12.7. The van der Waals surface area contributed by atoms with E-state index in [0.29, 0.717) is 16.9 Å². The van der Waals surface area contributed by atoms with Crippen molar-refractivity contribution in [1.29, 1.82) is 0 Å². The number of anilines is 4. The molecule has 2 heterocycles. The number of aromatic nitrogens is 1. The molecular weight excluding hydrogens is 352 g/mol. The largest absolute Gasteiger partial charge is 0.340 e. The fourth-order valence-electron chi connectivity index (χ4n) is 3.35. The summed E-state index contributed by atoms with van der Waals surface area (Å²) in [4.78, 5) is 30.2. The van der Waals surface area contributed by atoms with Crippen molar-refractivity contribution in [2.45, 2.75) is 13.3 Å². The van der Waals surface area contributed by atoms with Gasteiger partial charge in [0.25, 0.3) is 5.91 Å². The average molecular weight is 372 g/mol. The van der Waals surface area contributed by atoms with Gasteiger partial charge in [0, 0.05) is 36.7 Å². The Morgan fingerprint density at radius 2 is 1.68 bits per heavy atom. The molecule has 2 amide bonds. The smallest absolute Gasteiger partial charge is 0.257 e. The van der Waals surface area contributed by atoms with Gasteiger partial charge in [-0.15, -0.1) is 0 Å². The van der Waals surface area contributed by atoms with Crippen LogP contribution in [0, 0.1) is 0 Å². The molecule has 2 N–H and O–H groups in total. The molecule has 4 rings (SSSR count). The molecule has 0 bridgehead atoms. The van der Waals surface area contributed by atoms with E-state index in [1.54, 1.807) is 36.7 Å². The van der Waals surface area contributed by atoms with E-state index in [9.17, 15) is 9.59 Å². The van der Waals surface area contributed by atoms with Crippen LogP contribution in [0.1, 0.15) is 22.8 Å². The van der Waals surface area contributed by atoms with E-state index in [1.807, 2.05) is 18.2 Å². The van der Waals surface area contributed by atoms with E-state index in [2.05, 4.69) is 32.7 Å². The van der Waals surface area contributed by atoms with Crippen molar-refractivity contribution >= 4 is 34.6 Å². The Labute approximate surface area is 163 Å². The van der Waals surface area contributed by atoms with Crippen LogP contribution in [0.25, 0.3) is 0 Å². The SMILES string of the molecule is CC(=O)Nc1ccc(NC(=O)c2cncc(N3CCc4ccccc43)c2)cc1. The first-order valence-corrected chi connectivity index (χ1v) is 9.10. The predicted molar refractivity (Wildman–Crippen MR) is 110 cm³/mol. The summed E-state index contributed by atoms with van der Waals surface area (Å²) in [6.07, 6.45) is 4.32. The van der Waals surface area contributed by atoms with Crippen LogP contribution >= 0.6 is 0 Å². The number of fused-ring (bicyclic) bond motifs is 1. The van der Waals surface area contributed by atoms with E-state index in [0.717, 1.165) is 24.3 Å². The summed E-state index contributed by atoms with van der Waals surface area (Å²) >= 11 is 0. The van der Waals surface area contributed by atoms with Crippen molar-refractivity contribution in [2.75, 3.05) is 22.1 Å². The summed E-state index contributed by atoms with van der Waals surface area (Å²) in [5, 5.41) is 5.56. The highest BCUT2D eigenvalue weighted by atomic mass is 16.2. The van der Waals surface area contributed by atoms with Crippen molar-refractivity contribution in [1.82, 2.24) is 4.98 Å². The first-order valence-electron chi connectivity index (χ1n) is 9.10. The molecule has 1 aliphatic rings. The van der Waals surface area contributed by atoms with Crippen molar-refractivity contribution in [3.05, 3.63) is 78.1 Å². The standard InChI is InChI=1S/C22H20N4O2/c1-15(27)24-18-6-8-19(9-7-18)25-22(28)17-12-20(14-23-13-17)26-11-10-16-4-2-3-5-21(16)26/h2-9,12-14H,10-11H2,1H3,(H,24,27)(H,25,28). The number of hydrogen-bond acceptors (Lipinski definition) is 4. The molecule has 0 fully saturated rings. The monoisotopic (exact) mass is 372 g/mol.